The van der Waals surface area contributed by atoms with Crippen LogP contribution in [0.1, 0.15) is 79.2 Å². The maximum absolute atomic E-state index is 15.3. The molecule has 0 aromatic heterocycles. The summed E-state index contributed by atoms with van der Waals surface area (Å²) in [5.74, 6) is -2.80. The van der Waals surface area contributed by atoms with Crippen molar-refractivity contribution in [3.05, 3.63) is 130 Å². The second-order valence-electron chi connectivity index (χ2n) is 15.4. The van der Waals surface area contributed by atoms with E-state index in [4.69, 9.17) is 9.84 Å². The molecule has 3 aromatic rings. The van der Waals surface area contributed by atoms with E-state index in [1.165, 1.54) is 9.80 Å². The number of allylic oxidation sites excluding steroid dienone is 1. The van der Waals surface area contributed by atoms with Gasteiger partial charge in [0.2, 0.25) is 0 Å². The van der Waals surface area contributed by atoms with Crippen molar-refractivity contribution in [1.29, 1.82) is 0 Å². The minimum absolute atomic E-state index is 0.00369. The molecule has 0 bridgehead atoms. The molecule has 5 rings (SSSR count). The third-order valence-corrected chi connectivity index (χ3v) is 9.95. The lowest BCUT2D eigenvalue weighted by atomic mass is 10.0. The number of hydrogen-bond acceptors (Lipinski definition) is 8. The van der Waals surface area contributed by atoms with Crippen LogP contribution in [0.5, 0.6) is 0 Å². The van der Waals surface area contributed by atoms with Gasteiger partial charge in [-0.05, 0) is 69.5 Å². The Kier molecular flexibility index (Phi) is 14.1. The van der Waals surface area contributed by atoms with Crippen LogP contribution in [0.4, 0.5) is 22.4 Å². The zero-order chi connectivity index (χ0) is 43.1. The Labute approximate surface area is 341 Å². The van der Waals surface area contributed by atoms with Gasteiger partial charge in [0.1, 0.15) is 22.9 Å². The first-order valence-electron chi connectivity index (χ1n) is 19.3. The van der Waals surface area contributed by atoms with Crippen molar-refractivity contribution in [2.75, 3.05) is 39.3 Å². The van der Waals surface area contributed by atoms with Gasteiger partial charge in [-0.15, -0.1) is 0 Å². The number of carboxylic acids is 1. The molecule has 2 aliphatic rings. The molecule has 3 N–H and O–H groups in total. The molecular weight excluding hydrogens is 773 g/mol. The fraction of sp³-hybridized carbons (Fsp3) is 0.395. The van der Waals surface area contributed by atoms with Gasteiger partial charge < -0.3 is 30.3 Å². The van der Waals surface area contributed by atoms with Gasteiger partial charge in [-0.3, -0.25) is 24.2 Å². The summed E-state index contributed by atoms with van der Waals surface area (Å²) in [4.78, 5) is 58.0. The van der Waals surface area contributed by atoms with Crippen molar-refractivity contribution in [2.45, 2.75) is 71.4 Å². The number of aliphatic carboxylic acids is 1. The molecule has 0 radical (unpaired) electrons. The van der Waals surface area contributed by atoms with Crippen LogP contribution in [0.2, 0.25) is 0 Å². The molecule has 16 heteroatoms. The van der Waals surface area contributed by atoms with Crippen molar-refractivity contribution in [3.63, 3.8) is 0 Å². The van der Waals surface area contributed by atoms with Gasteiger partial charge >= 0.3 is 18.2 Å². The number of ether oxygens (including phenoxy) is 1. The molecule has 59 heavy (non-hydrogen) atoms. The topological polar surface area (TPSA) is 135 Å². The summed E-state index contributed by atoms with van der Waals surface area (Å²) in [6.07, 6.45) is -5.35. The van der Waals surface area contributed by atoms with Crippen LogP contribution >= 0.6 is 0 Å². The number of alkyl carbamates (subject to hydrolysis) is 1. The van der Waals surface area contributed by atoms with Crippen molar-refractivity contribution >= 4 is 23.9 Å². The summed E-state index contributed by atoms with van der Waals surface area (Å²) in [7, 11) is 0. The SMILES string of the molecule is C=C1N(C[C@H](NC(=O)OC(C)(C)C)c2ccccc2)C(=O)C(N2CCN(Cc3cccc(C(=O)NCCCC(=O)O)c3)CC2)=C(C)N1Cc1c(F)cccc1C(F)(F)F. The van der Waals surface area contributed by atoms with Crippen LogP contribution in [0.25, 0.3) is 0 Å². The Bertz CT molecular complexity index is 2060. The predicted octanol–water partition coefficient (Wildman–Crippen LogP) is 6.87. The number of carbonyl (C=O) groups excluding carboxylic acids is 3. The van der Waals surface area contributed by atoms with E-state index in [1.807, 2.05) is 11.0 Å². The first-order valence-corrected chi connectivity index (χ1v) is 19.3. The number of nitrogens with one attached hydrogen (secondary N) is 2. The minimum atomic E-state index is -4.86. The summed E-state index contributed by atoms with van der Waals surface area (Å²) >= 11 is 0. The van der Waals surface area contributed by atoms with Gasteiger partial charge in [0.15, 0.2) is 0 Å². The Morgan fingerprint density at radius 3 is 2.24 bits per heavy atom. The highest BCUT2D eigenvalue weighted by atomic mass is 19.4. The normalized spacial score (nSPS) is 16.0. The molecule has 0 spiro atoms. The number of piperazine rings is 1. The highest BCUT2D eigenvalue weighted by Crippen LogP contribution is 2.38. The Hall–Kier alpha value is -5.90. The van der Waals surface area contributed by atoms with Crippen molar-refractivity contribution in [3.8, 4) is 0 Å². The van der Waals surface area contributed by atoms with E-state index in [0.29, 0.717) is 56.0 Å². The molecule has 1 fully saturated rings. The van der Waals surface area contributed by atoms with E-state index in [0.717, 1.165) is 23.8 Å². The largest absolute Gasteiger partial charge is 0.481 e. The molecule has 1 saturated heterocycles. The van der Waals surface area contributed by atoms with E-state index < -0.39 is 59.3 Å². The van der Waals surface area contributed by atoms with Gasteiger partial charge in [0, 0.05) is 62.5 Å². The lowest BCUT2D eigenvalue weighted by molar-refractivity contribution is -0.139. The van der Waals surface area contributed by atoms with E-state index in [-0.39, 0.29) is 36.9 Å². The Morgan fingerprint density at radius 1 is 0.915 bits per heavy atom. The second-order valence-corrected chi connectivity index (χ2v) is 15.4. The fourth-order valence-electron chi connectivity index (χ4n) is 7.07. The van der Waals surface area contributed by atoms with E-state index in [1.54, 1.807) is 76.2 Å². The second kappa shape index (κ2) is 18.8. The average molecular weight is 823 g/mol. The number of benzene rings is 3. The smallest absolute Gasteiger partial charge is 0.416 e. The van der Waals surface area contributed by atoms with Crippen molar-refractivity contribution in [1.82, 2.24) is 30.2 Å². The number of alkyl halides is 3. The minimum Gasteiger partial charge on any atom is -0.481 e. The molecule has 0 unspecified atom stereocenters. The maximum atomic E-state index is 15.3. The van der Waals surface area contributed by atoms with Crippen LogP contribution in [0, 0.1) is 5.82 Å². The monoisotopic (exact) mass is 822 g/mol. The zero-order valence-electron chi connectivity index (χ0n) is 33.6. The van der Waals surface area contributed by atoms with Crippen molar-refractivity contribution < 1.29 is 46.6 Å². The summed E-state index contributed by atoms with van der Waals surface area (Å²) in [6.45, 7) is 12.5. The number of rotatable bonds is 14. The van der Waals surface area contributed by atoms with E-state index in [9.17, 15) is 32.3 Å². The standard InChI is InChI=1S/C43H50F4N6O6/c1-28-38(51-22-20-50(21-23-51)25-30-12-9-15-32(24-30)39(56)48-19-11-18-37(54)55)40(57)53(27-36(31-13-7-6-8-14-31)49-41(58)59-42(3,4)5)29(2)52(28)26-33-34(43(45,46)47)16-10-17-35(33)44/h6-10,12-17,24,36H,2,11,18-23,25-27H2,1,3-5H3,(H,48,56)(H,49,58)(H,54,55)/t36-/m0/s1. The molecule has 316 valence electrons. The van der Waals surface area contributed by atoms with Gasteiger partial charge in [0.25, 0.3) is 11.8 Å². The third-order valence-electron chi connectivity index (χ3n) is 9.95. The highest BCUT2D eigenvalue weighted by Gasteiger charge is 2.41. The fourth-order valence-corrected chi connectivity index (χ4v) is 7.07. The number of carboxylic acid groups (broad SMARTS) is 1. The van der Waals surface area contributed by atoms with Gasteiger partial charge in [0.05, 0.1) is 24.7 Å². The zero-order valence-corrected chi connectivity index (χ0v) is 33.6. The lowest BCUT2D eigenvalue weighted by Gasteiger charge is -2.46. The number of amides is 3. The molecule has 2 aliphatic heterocycles. The third kappa shape index (κ3) is 11.6. The Balaban J connectivity index is 1.41. The summed E-state index contributed by atoms with van der Waals surface area (Å²) in [6, 6.07) is 17.9. The molecular formula is C43H50F4N6O6. The molecule has 3 aromatic carbocycles. The average Bonchev–Trinajstić information content (AvgIpc) is 3.16. The van der Waals surface area contributed by atoms with Gasteiger partial charge in [-0.1, -0.05) is 55.1 Å². The number of halogens is 4. The summed E-state index contributed by atoms with van der Waals surface area (Å²) < 4.78 is 63.6. The maximum Gasteiger partial charge on any atom is 0.416 e. The number of nitrogens with zero attached hydrogens (tertiary/aromatic N) is 4. The quantitative estimate of drug-likeness (QED) is 0.118. The molecule has 0 aliphatic carbocycles. The van der Waals surface area contributed by atoms with E-state index >= 15 is 4.39 Å². The van der Waals surface area contributed by atoms with Crippen LogP contribution in [-0.2, 0) is 33.6 Å². The van der Waals surface area contributed by atoms with Crippen LogP contribution in [-0.4, -0.2) is 93.5 Å². The van der Waals surface area contributed by atoms with Crippen LogP contribution in [0.15, 0.2) is 96.6 Å². The number of carbonyl (C=O) groups is 4. The molecule has 1 atom stereocenters. The van der Waals surface area contributed by atoms with E-state index in [2.05, 4.69) is 22.1 Å². The van der Waals surface area contributed by atoms with Gasteiger partial charge in [-0.2, -0.15) is 13.2 Å². The molecule has 0 saturated carbocycles. The van der Waals surface area contributed by atoms with Crippen LogP contribution in [0.3, 0.4) is 0 Å². The molecule has 3 amide bonds. The molecule has 12 nitrogen and oxygen atoms in total. The van der Waals surface area contributed by atoms with Gasteiger partial charge in [-0.25, -0.2) is 9.18 Å². The number of hydrogen-bond donors (Lipinski definition) is 3. The van der Waals surface area contributed by atoms with Crippen LogP contribution < -0.4 is 10.6 Å². The first kappa shape index (κ1) is 44.2. The summed E-state index contributed by atoms with van der Waals surface area (Å²) in [5.41, 5.74) is -0.174. The van der Waals surface area contributed by atoms with Crippen molar-refractivity contribution in [2.24, 2.45) is 0 Å². The molecule has 2 heterocycles. The first-order chi connectivity index (χ1) is 27.8. The lowest BCUT2D eigenvalue weighted by Crippen LogP contribution is -2.54. The summed E-state index contributed by atoms with van der Waals surface area (Å²) in [5, 5.41) is 14.4. The Morgan fingerprint density at radius 2 is 1.59 bits per heavy atom. The highest BCUT2D eigenvalue weighted by molar-refractivity contribution is 5.96. The predicted molar refractivity (Wildman–Crippen MR) is 212 cm³/mol.